The highest BCUT2D eigenvalue weighted by Gasteiger charge is 2.20. The van der Waals surface area contributed by atoms with Crippen LogP contribution >= 0.6 is 0 Å². The van der Waals surface area contributed by atoms with Crippen LogP contribution in [-0.4, -0.2) is 29.1 Å². The summed E-state index contributed by atoms with van der Waals surface area (Å²) in [6, 6.07) is 2.68. The molecule has 1 aromatic rings. The van der Waals surface area contributed by atoms with Crippen molar-refractivity contribution in [3.63, 3.8) is 0 Å². The molecule has 0 amide bonds. The molecule has 0 spiro atoms. The van der Waals surface area contributed by atoms with Gasteiger partial charge in [0, 0.05) is 31.1 Å². The predicted molar refractivity (Wildman–Crippen MR) is 85.6 cm³/mol. The fourth-order valence-corrected chi connectivity index (χ4v) is 2.74. The van der Waals surface area contributed by atoms with Crippen molar-refractivity contribution in [2.75, 3.05) is 23.3 Å². The Hall–Kier alpha value is -1.32. The fourth-order valence-electron chi connectivity index (χ4n) is 2.74. The van der Waals surface area contributed by atoms with Crippen molar-refractivity contribution in [3.05, 3.63) is 11.9 Å². The number of nitrogens with one attached hydrogen (secondary N) is 1. The SMILES string of the molecule is CCNc1cc(N2CCCCCC2C)nc(C(C)C)n1. The van der Waals surface area contributed by atoms with E-state index < -0.39 is 0 Å². The first-order valence-electron chi connectivity index (χ1n) is 8.01. The molecule has 1 atom stereocenters. The summed E-state index contributed by atoms with van der Waals surface area (Å²) in [5, 5.41) is 3.33. The number of rotatable bonds is 4. The maximum absolute atomic E-state index is 4.81. The van der Waals surface area contributed by atoms with Gasteiger partial charge in [0.25, 0.3) is 0 Å². The van der Waals surface area contributed by atoms with E-state index in [-0.39, 0.29) is 0 Å². The molecule has 0 aliphatic carbocycles. The van der Waals surface area contributed by atoms with Gasteiger partial charge in [0.15, 0.2) is 0 Å². The summed E-state index contributed by atoms with van der Waals surface area (Å²) in [7, 11) is 0. The Morgan fingerprint density at radius 3 is 2.80 bits per heavy atom. The van der Waals surface area contributed by atoms with E-state index in [1.807, 2.05) is 0 Å². The molecule has 1 fully saturated rings. The van der Waals surface area contributed by atoms with E-state index in [9.17, 15) is 0 Å². The van der Waals surface area contributed by atoms with Crippen LogP contribution in [0.3, 0.4) is 0 Å². The minimum Gasteiger partial charge on any atom is -0.370 e. The van der Waals surface area contributed by atoms with Gasteiger partial charge in [-0.2, -0.15) is 0 Å². The number of anilines is 2. The summed E-state index contributed by atoms with van der Waals surface area (Å²) in [5.41, 5.74) is 0. The summed E-state index contributed by atoms with van der Waals surface area (Å²) in [6.45, 7) is 10.7. The molecule has 1 aliphatic heterocycles. The lowest BCUT2D eigenvalue weighted by Crippen LogP contribution is -2.33. The van der Waals surface area contributed by atoms with Crippen LogP contribution in [0, 0.1) is 0 Å². The third-order valence-corrected chi connectivity index (χ3v) is 3.95. The van der Waals surface area contributed by atoms with Gasteiger partial charge < -0.3 is 10.2 Å². The minimum absolute atomic E-state index is 0.356. The number of nitrogens with zero attached hydrogens (tertiary/aromatic N) is 3. The summed E-state index contributed by atoms with van der Waals surface area (Å²) < 4.78 is 0. The second-order valence-electron chi connectivity index (χ2n) is 6.05. The van der Waals surface area contributed by atoms with Crippen LogP contribution in [0.25, 0.3) is 0 Å². The van der Waals surface area contributed by atoms with Gasteiger partial charge in [0.2, 0.25) is 0 Å². The van der Waals surface area contributed by atoms with Gasteiger partial charge in [-0.25, -0.2) is 9.97 Å². The second-order valence-corrected chi connectivity index (χ2v) is 6.05. The van der Waals surface area contributed by atoms with Crippen LogP contribution in [0.15, 0.2) is 6.07 Å². The van der Waals surface area contributed by atoms with Crippen LogP contribution in [0.2, 0.25) is 0 Å². The van der Waals surface area contributed by atoms with Gasteiger partial charge in [-0.15, -0.1) is 0 Å². The highest BCUT2D eigenvalue weighted by atomic mass is 15.2. The van der Waals surface area contributed by atoms with Crippen molar-refractivity contribution in [1.29, 1.82) is 0 Å². The van der Waals surface area contributed by atoms with E-state index in [4.69, 9.17) is 4.98 Å². The average molecular weight is 276 g/mol. The van der Waals surface area contributed by atoms with Crippen molar-refractivity contribution in [2.45, 2.75) is 65.3 Å². The summed E-state index contributed by atoms with van der Waals surface area (Å²) >= 11 is 0. The number of hydrogen-bond donors (Lipinski definition) is 1. The first-order chi connectivity index (χ1) is 9.61. The Morgan fingerprint density at radius 1 is 1.30 bits per heavy atom. The van der Waals surface area contributed by atoms with E-state index in [2.05, 4.69) is 49.0 Å². The third kappa shape index (κ3) is 3.62. The van der Waals surface area contributed by atoms with Gasteiger partial charge >= 0.3 is 0 Å². The van der Waals surface area contributed by atoms with Crippen molar-refractivity contribution in [2.24, 2.45) is 0 Å². The first-order valence-corrected chi connectivity index (χ1v) is 8.01. The largest absolute Gasteiger partial charge is 0.370 e. The Bertz CT molecular complexity index is 430. The molecule has 0 radical (unpaired) electrons. The van der Waals surface area contributed by atoms with Crippen LogP contribution in [0.1, 0.15) is 65.1 Å². The van der Waals surface area contributed by atoms with Crippen molar-refractivity contribution in [3.8, 4) is 0 Å². The van der Waals surface area contributed by atoms with Crippen molar-refractivity contribution < 1.29 is 0 Å². The Balaban J connectivity index is 2.32. The molecular weight excluding hydrogens is 248 g/mol. The van der Waals surface area contributed by atoms with E-state index in [1.54, 1.807) is 0 Å². The third-order valence-electron chi connectivity index (χ3n) is 3.95. The topological polar surface area (TPSA) is 41.0 Å². The molecule has 112 valence electrons. The number of hydrogen-bond acceptors (Lipinski definition) is 4. The standard InChI is InChI=1S/C16H28N4/c1-5-17-14-11-15(19-16(18-14)12(2)3)20-10-8-6-7-9-13(20)4/h11-13H,5-10H2,1-4H3,(H,17,18,19). The van der Waals surface area contributed by atoms with E-state index in [1.165, 1.54) is 25.7 Å². The smallest absolute Gasteiger partial charge is 0.135 e. The highest BCUT2D eigenvalue weighted by Crippen LogP contribution is 2.25. The molecule has 20 heavy (non-hydrogen) atoms. The number of aromatic nitrogens is 2. The fraction of sp³-hybridized carbons (Fsp3) is 0.750. The van der Waals surface area contributed by atoms with Gasteiger partial charge in [0.1, 0.15) is 17.5 Å². The molecule has 0 bridgehead atoms. The molecule has 2 rings (SSSR count). The zero-order valence-electron chi connectivity index (χ0n) is 13.3. The summed E-state index contributed by atoms with van der Waals surface area (Å²) in [5.74, 6) is 3.34. The lowest BCUT2D eigenvalue weighted by molar-refractivity contribution is 0.608. The quantitative estimate of drug-likeness (QED) is 0.908. The van der Waals surface area contributed by atoms with E-state index >= 15 is 0 Å². The molecule has 1 saturated heterocycles. The van der Waals surface area contributed by atoms with Gasteiger partial charge in [-0.05, 0) is 26.7 Å². The van der Waals surface area contributed by atoms with E-state index in [0.717, 1.165) is 30.5 Å². The monoisotopic (exact) mass is 276 g/mol. The van der Waals surface area contributed by atoms with Crippen molar-refractivity contribution in [1.82, 2.24) is 9.97 Å². The molecule has 4 nitrogen and oxygen atoms in total. The van der Waals surface area contributed by atoms with Crippen molar-refractivity contribution >= 4 is 11.6 Å². The molecule has 1 unspecified atom stereocenters. The molecule has 2 heterocycles. The molecule has 1 N–H and O–H groups in total. The summed E-state index contributed by atoms with van der Waals surface area (Å²) in [4.78, 5) is 11.9. The van der Waals surface area contributed by atoms with Crippen LogP contribution in [0.4, 0.5) is 11.6 Å². The van der Waals surface area contributed by atoms with E-state index in [0.29, 0.717) is 12.0 Å². The maximum atomic E-state index is 4.81. The lowest BCUT2D eigenvalue weighted by atomic mass is 10.1. The Kier molecular flexibility index (Phi) is 5.21. The van der Waals surface area contributed by atoms with Crippen LogP contribution in [0.5, 0.6) is 0 Å². The molecule has 0 aromatic carbocycles. The molecule has 1 aromatic heterocycles. The normalized spacial score (nSPS) is 20.1. The molecule has 4 heteroatoms. The highest BCUT2D eigenvalue weighted by molar-refractivity contribution is 5.50. The average Bonchev–Trinajstić information content (AvgIpc) is 2.63. The Labute approximate surface area is 123 Å². The van der Waals surface area contributed by atoms with Gasteiger partial charge in [-0.3, -0.25) is 0 Å². The molecule has 0 saturated carbocycles. The van der Waals surface area contributed by atoms with Crippen LogP contribution in [-0.2, 0) is 0 Å². The van der Waals surface area contributed by atoms with Crippen LogP contribution < -0.4 is 10.2 Å². The zero-order valence-corrected chi connectivity index (χ0v) is 13.3. The second kappa shape index (κ2) is 6.91. The molecular formula is C16H28N4. The first kappa shape index (κ1) is 15.1. The maximum Gasteiger partial charge on any atom is 0.135 e. The van der Waals surface area contributed by atoms with Gasteiger partial charge in [-0.1, -0.05) is 26.7 Å². The molecule has 1 aliphatic rings. The minimum atomic E-state index is 0.356. The zero-order chi connectivity index (χ0) is 14.5. The van der Waals surface area contributed by atoms with Gasteiger partial charge in [0.05, 0.1) is 0 Å². The Morgan fingerprint density at radius 2 is 2.10 bits per heavy atom. The predicted octanol–water partition coefficient (Wildman–Crippen LogP) is 3.80. The lowest BCUT2D eigenvalue weighted by Gasteiger charge is -2.29. The summed E-state index contributed by atoms with van der Waals surface area (Å²) in [6.07, 6.45) is 5.20.